The molecule has 4 nitrogen and oxygen atoms in total. The zero-order valence-corrected chi connectivity index (χ0v) is 13.2. The number of amidine groups is 1. The number of hydrogen-bond donors (Lipinski definition) is 2. The zero-order chi connectivity index (χ0) is 14.7. The number of benzene rings is 1. The van der Waals surface area contributed by atoms with Crippen LogP contribution in [0.4, 0.5) is 5.69 Å². The van der Waals surface area contributed by atoms with Crippen molar-refractivity contribution < 1.29 is 5.21 Å². The SMILES string of the molecule is CSc1cccc(N2CCC(C)CC2C)c1/C(N)=N/O. The van der Waals surface area contributed by atoms with Gasteiger partial charge in [-0.3, -0.25) is 0 Å². The molecule has 0 radical (unpaired) electrons. The molecule has 20 heavy (non-hydrogen) atoms. The third kappa shape index (κ3) is 2.87. The summed E-state index contributed by atoms with van der Waals surface area (Å²) in [5, 5.41) is 12.3. The first-order chi connectivity index (χ1) is 9.58. The molecular formula is C15H23N3OS. The van der Waals surface area contributed by atoms with Gasteiger partial charge in [-0.1, -0.05) is 18.1 Å². The smallest absolute Gasteiger partial charge is 0.173 e. The normalized spacial score (nSPS) is 23.9. The Bertz CT molecular complexity index is 504. The highest BCUT2D eigenvalue weighted by Crippen LogP contribution is 2.34. The Balaban J connectivity index is 2.45. The van der Waals surface area contributed by atoms with Gasteiger partial charge in [-0.05, 0) is 44.1 Å². The molecule has 1 aromatic carbocycles. The Labute approximate surface area is 125 Å². The maximum Gasteiger partial charge on any atom is 0.173 e. The van der Waals surface area contributed by atoms with Gasteiger partial charge in [0.05, 0.1) is 5.56 Å². The van der Waals surface area contributed by atoms with Crippen LogP contribution in [0.1, 0.15) is 32.3 Å². The highest BCUT2D eigenvalue weighted by Gasteiger charge is 2.26. The van der Waals surface area contributed by atoms with Crippen molar-refractivity contribution in [2.75, 3.05) is 17.7 Å². The molecule has 1 heterocycles. The van der Waals surface area contributed by atoms with Crippen molar-refractivity contribution in [2.45, 2.75) is 37.6 Å². The van der Waals surface area contributed by atoms with E-state index in [-0.39, 0.29) is 5.84 Å². The van der Waals surface area contributed by atoms with E-state index in [1.54, 1.807) is 11.8 Å². The van der Waals surface area contributed by atoms with E-state index in [0.29, 0.717) is 6.04 Å². The highest BCUT2D eigenvalue weighted by atomic mass is 32.2. The molecule has 0 spiro atoms. The maximum absolute atomic E-state index is 9.07. The molecule has 3 N–H and O–H groups in total. The standard InChI is InChI=1S/C15H23N3OS/c1-10-7-8-18(11(2)9-10)12-5-4-6-13(20-3)14(12)15(16)17-19/h4-6,10-11,19H,7-9H2,1-3H3,(H2,16,17). The van der Waals surface area contributed by atoms with Gasteiger partial charge in [0.15, 0.2) is 5.84 Å². The fourth-order valence-electron chi connectivity index (χ4n) is 3.00. The molecule has 5 heteroatoms. The lowest BCUT2D eigenvalue weighted by atomic mass is 9.92. The lowest BCUT2D eigenvalue weighted by Crippen LogP contribution is -2.41. The highest BCUT2D eigenvalue weighted by molar-refractivity contribution is 7.98. The lowest BCUT2D eigenvalue weighted by Gasteiger charge is -2.39. The Kier molecular flexibility index (Phi) is 4.81. The van der Waals surface area contributed by atoms with Crippen molar-refractivity contribution in [1.29, 1.82) is 0 Å². The van der Waals surface area contributed by atoms with Crippen LogP contribution in [0.2, 0.25) is 0 Å². The van der Waals surface area contributed by atoms with Gasteiger partial charge < -0.3 is 15.8 Å². The second-order valence-electron chi connectivity index (χ2n) is 5.51. The van der Waals surface area contributed by atoms with Crippen molar-refractivity contribution in [3.05, 3.63) is 23.8 Å². The van der Waals surface area contributed by atoms with Crippen molar-refractivity contribution in [3.63, 3.8) is 0 Å². The van der Waals surface area contributed by atoms with Crippen molar-refractivity contribution in [2.24, 2.45) is 16.8 Å². The Morgan fingerprint density at radius 3 is 2.80 bits per heavy atom. The van der Waals surface area contributed by atoms with E-state index in [1.165, 1.54) is 12.8 Å². The van der Waals surface area contributed by atoms with Crippen LogP contribution in [0.5, 0.6) is 0 Å². The fraction of sp³-hybridized carbons (Fsp3) is 0.533. The molecular weight excluding hydrogens is 270 g/mol. The summed E-state index contributed by atoms with van der Waals surface area (Å²) in [5.74, 6) is 0.952. The van der Waals surface area contributed by atoms with E-state index in [1.807, 2.05) is 18.4 Å². The molecule has 1 aromatic rings. The quantitative estimate of drug-likeness (QED) is 0.295. The van der Waals surface area contributed by atoms with Gasteiger partial charge in [-0.15, -0.1) is 11.8 Å². The third-order valence-corrected chi connectivity index (χ3v) is 4.82. The number of anilines is 1. The van der Waals surface area contributed by atoms with Crippen molar-refractivity contribution in [3.8, 4) is 0 Å². The Morgan fingerprint density at radius 2 is 2.20 bits per heavy atom. The molecule has 0 saturated carbocycles. The van der Waals surface area contributed by atoms with E-state index in [4.69, 9.17) is 10.9 Å². The first-order valence-electron chi connectivity index (χ1n) is 7.00. The Morgan fingerprint density at radius 1 is 1.45 bits per heavy atom. The largest absolute Gasteiger partial charge is 0.409 e. The summed E-state index contributed by atoms with van der Waals surface area (Å²) < 4.78 is 0. The van der Waals surface area contributed by atoms with Gasteiger partial charge in [0.25, 0.3) is 0 Å². The number of hydrogen-bond acceptors (Lipinski definition) is 4. The molecule has 2 unspecified atom stereocenters. The van der Waals surface area contributed by atoms with Gasteiger partial charge in [-0.2, -0.15) is 0 Å². The molecule has 1 fully saturated rings. The van der Waals surface area contributed by atoms with Crippen LogP contribution in [-0.4, -0.2) is 29.9 Å². The number of piperidine rings is 1. The van der Waals surface area contributed by atoms with Crippen LogP contribution in [-0.2, 0) is 0 Å². The summed E-state index contributed by atoms with van der Waals surface area (Å²) in [6.07, 6.45) is 4.37. The zero-order valence-electron chi connectivity index (χ0n) is 12.3. The maximum atomic E-state index is 9.07. The predicted molar refractivity (Wildman–Crippen MR) is 85.9 cm³/mol. The summed E-state index contributed by atoms with van der Waals surface area (Å²) in [4.78, 5) is 3.43. The van der Waals surface area contributed by atoms with Gasteiger partial charge in [0.1, 0.15) is 0 Å². The van der Waals surface area contributed by atoms with Crippen LogP contribution in [0.3, 0.4) is 0 Å². The first kappa shape index (κ1) is 15.0. The average molecular weight is 293 g/mol. The lowest BCUT2D eigenvalue weighted by molar-refractivity contribution is 0.318. The summed E-state index contributed by atoms with van der Waals surface area (Å²) in [5.41, 5.74) is 7.84. The Hall–Kier alpha value is -1.36. The van der Waals surface area contributed by atoms with Crippen LogP contribution in [0.15, 0.2) is 28.3 Å². The molecule has 0 aliphatic carbocycles. The minimum Gasteiger partial charge on any atom is -0.409 e. The number of nitrogens with zero attached hydrogens (tertiary/aromatic N) is 2. The van der Waals surface area contributed by atoms with Crippen LogP contribution < -0.4 is 10.6 Å². The number of rotatable bonds is 3. The minimum atomic E-state index is 0.191. The van der Waals surface area contributed by atoms with Crippen molar-refractivity contribution in [1.82, 2.24) is 0 Å². The van der Waals surface area contributed by atoms with Crippen LogP contribution in [0, 0.1) is 5.92 Å². The average Bonchev–Trinajstić information content (AvgIpc) is 2.45. The van der Waals surface area contributed by atoms with E-state index >= 15 is 0 Å². The summed E-state index contributed by atoms with van der Waals surface area (Å²) in [6.45, 7) is 5.57. The molecule has 110 valence electrons. The first-order valence-corrected chi connectivity index (χ1v) is 8.22. The molecule has 0 amide bonds. The number of oxime groups is 1. The number of thioether (sulfide) groups is 1. The van der Waals surface area contributed by atoms with Crippen LogP contribution >= 0.6 is 11.8 Å². The molecule has 0 bridgehead atoms. The van der Waals surface area contributed by atoms with Crippen molar-refractivity contribution >= 4 is 23.3 Å². The van der Waals surface area contributed by atoms with Crippen LogP contribution in [0.25, 0.3) is 0 Å². The van der Waals surface area contributed by atoms with E-state index < -0.39 is 0 Å². The molecule has 1 aliphatic heterocycles. The molecule has 2 rings (SSSR count). The number of nitrogens with two attached hydrogens (primary N) is 1. The molecule has 1 aliphatic rings. The second-order valence-corrected chi connectivity index (χ2v) is 6.36. The predicted octanol–water partition coefficient (Wildman–Crippen LogP) is 3.13. The van der Waals surface area contributed by atoms with E-state index in [2.05, 4.69) is 30.0 Å². The second kappa shape index (κ2) is 6.39. The minimum absolute atomic E-state index is 0.191. The van der Waals surface area contributed by atoms with Gasteiger partial charge in [0.2, 0.25) is 0 Å². The topological polar surface area (TPSA) is 61.8 Å². The van der Waals surface area contributed by atoms with E-state index in [9.17, 15) is 0 Å². The van der Waals surface area contributed by atoms with Gasteiger partial charge in [-0.25, -0.2) is 0 Å². The van der Waals surface area contributed by atoms with Gasteiger partial charge in [0, 0.05) is 23.2 Å². The summed E-state index contributed by atoms with van der Waals surface area (Å²) in [7, 11) is 0. The van der Waals surface area contributed by atoms with Gasteiger partial charge >= 0.3 is 0 Å². The monoisotopic (exact) mass is 293 g/mol. The third-order valence-electron chi connectivity index (χ3n) is 4.04. The van der Waals surface area contributed by atoms with E-state index in [0.717, 1.165) is 28.6 Å². The molecule has 0 aromatic heterocycles. The summed E-state index contributed by atoms with van der Waals surface area (Å²) in [6, 6.07) is 6.60. The fourth-order valence-corrected chi connectivity index (χ4v) is 3.63. The summed E-state index contributed by atoms with van der Waals surface area (Å²) >= 11 is 1.62. The molecule has 1 saturated heterocycles. The molecule has 2 atom stereocenters.